The predicted molar refractivity (Wildman–Crippen MR) is 140 cm³/mol. The first-order chi connectivity index (χ1) is 18.5. The molecule has 0 atom stereocenters. The van der Waals surface area contributed by atoms with Gasteiger partial charge < -0.3 is 9.14 Å². The summed E-state index contributed by atoms with van der Waals surface area (Å²) >= 11 is 0. The number of H-pyrrole nitrogens is 1. The quantitative estimate of drug-likeness (QED) is 0.328. The van der Waals surface area contributed by atoms with Gasteiger partial charge in [-0.1, -0.05) is 35.8 Å². The third-order valence-corrected chi connectivity index (χ3v) is 7.73. The van der Waals surface area contributed by atoms with E-state index in [2.05, 4.69) is 45.0 Å². The number of ether oxygens (including phenoxy) is 1. The number of aromatic amines is 1. The van der Waals surface area contributed by atoms with Crippen LogP contribution >= 0.6 is 0 Å². The monoisotopic (exact) mass is 508 g/mol. The minimum Gasteiger partial charge on any atom is -0.488 e. The summed E-state index contributed by atoms with van der Waals surface area (Å²) in [6, 6.07) is 17.0. The van der Waals surface area contributed by atoms with Crippen molar-refractivity contribution in [2.24, 2.45) is 0 Å². The average molecular weight is 509 g/mol. The number of pyridine rings is 1. The zero-order valence-electron chi connectivity index (χ0n) is 20.8. The molecule has 190 valence electrons. The lowest BCUT2D eigenvalue weighted by Crippen LogP contribution is -2.12. The van der Waals surface area contributed by atoms with E-state index in [1.54, 1.807) is 6.07 Å². The molecule has 8 heteroatoms. The van der Waals surface area contributed by atoms with Gasteiger partial charge in [-0.15, -0.1) is 0 Å². The lowest BCUT2D eigenvalue weighted by Gasteiger charge is -2.24. The highest BCUT2D eigenvalue weighted by atomic mass is 19.1. The highest BCUT2D eigenvalue weighted by Gasteiger charge is 2.27. The van der Waals surface area contributed by atoms with Crippen LogP contribution in [-0.2, 0) is 13.0 Å². The molecule has 3 aromatic heterocycles. The molecule has 1 saturated carbocycles. The van der Waals surface area contributed by atoms with Crippen LogP contribution in [0.1, 0.15) is 71.6 Å². The number of nitrogens with zero attached hydrogens (tertiary/aromatic N) is 3. The number of fused-ring (bicyclic) bond motifs is 3. The molecule has 0 amide bonds. The fraction of sp³-hybridized carbons (Fsp3) is 0.233. The molecule has 0 saturated heterocycles. The minimum absolute atomic E-state index is 0.286. The van der Waals surface area contributed by atoms with Gasteiger partial charge in [-0.25, -0.2) is 14.2 Å². The van der Waals surface area contributed by atoms with Crippen LogP contribution in [0, 0.1) is 5.82 Å². The normalized spacial score (nSPS) is 16.4. The van der Waals surface area contributed by atoms with Gasteiger partial charge in [-0.2, -0.15) is 0 Å². The third-order valence-electron chi connectivity index (χ3n) is 7.73. The Kier molecular flexibility index (Phi) is 5.28. The highest BCUT2D eigenvalue weighted by Crippen LogP contribution is 2.42. The van der Waals surface area contributed by atoms with Crippen molar-refractivity contribution in [1.29, 1.82) is 0 Å². The molecule has 4 heterocycles. The Morgan fingerprint density at radius 1 is 1.13 bits per heavy atom. The first-order valence-corrected chi connectivity index (χ1v) is 12.8. The van der Waals surface area contributed by atoms with Crippen LogP contribution in [0.5, 0.6) is 5.75 Å². The van der Waals surface area contributed by atoms with Gasteiger partial charge in [0.1, 0.15) is 23.8 Å². The number of imidazole rings is 1. The summed E-state index contributed by atoms with van der Waals surface area (Å²) in [4.78, 5) is 19.3. The van der Waals surface area contributed by atoms with Crippen molar-refractivity contribution in [2.75, 3.05) is 0 Å². The van der Waals surface area contributed by atoms with Gasteiger partial charge >= 0.3 is 5.76 Å². The Labute approximate surface area is 217 Å². The van der Waals surface area contributed by atoms with E-state index >= 15 is 0 Å². The Hall–Kier alpha value is -4.46. The lowest BCUT2D eigenvalue weighted by molar-refractivity contribution is 0.305. The number of allylic oxidation sites excluding steroid dienone is 1. The second kappa shape index (κ2) is 8.83. The summed E-state index contributed by atoms with van der Waals surface area (Å²) in [6.07, 6.45) is 6.43. The SMILES string of the molecule is CC(=C1c2ccc(Cc3c(C4CCC4)nc4ccccn34)cc2COc2cc(F)ccc21)c1noc(=O)[nH]1. The van der Waals surface area contributed by atoms with Crippen LogP contribution in [0.3, 0.4) is 0 Å². The van der Waals surface area contributed by atoms with Gasteiger partial charge in [0, 0.05) is 35.7 Å². The first-order valence-electron chi connectivity index (χ1n) is 12.8. The molecule has 0 radical (unpaired) electrons. The van der Waals surface area contributed by atoms with Crippen molar-refractivity contribution in [3.05, 3.63) is 117 Å². The predicted octanol–water partition coefficient (Wildman–Crippen LogP) is 5.88. The van der Waals surface area contributed by atoms with Crippen LogP contribution < -0.4 is 10.5 Å². The summed E-state index contributed by atoms with van der Waals surface area (Å²) in [6.45, 7) is 2.15. The molecule has 0 bridgehead atoms. The van der Waals surface area contributed by atoms with Crippen molar-refractivity contribution >= 4 is 16.8 Å². The van der Waals surface area contributed by atoms with Gasteiger partial charge in [0.2, 0.25) is 0 Å². The molecule has 0 unspecified atom stereocenters. The van der Waals surface area contributed by atoms with Crippen LogP contribution in [0.2, 0.25) is 0 Å². The summed E-state index contributed by atoms with van der Waals surface area (Å²) in [5.41, 5.74) is 8.69. The maximum absolute atomic E-state index is 14.2. The second-order valence-electron chi connectivity index (χ2n) is 10.0. The van der Waals surface area contributed by atoms with E-state index in [0.717, 1.165) is 39.9 Å². The van der Waals surface area contributed by atoms with E-state index in [1.165, 1.54) is 42.8 Å². The van der Waals surface area contributed by atoms with Crippen molar-refractivity contribution in [1.82, 2.24) is 19.5 Å². The molecule has 0 spiro atoms. The standard InChI is InChI=1S/C30H25FN4O3/c1-17(29-33-30(36)38-34-29)27-22-10-8-18(13-20(22)16-37-25-15-21(31)9-11-23(25)27)14-24-28(19-5-4-6-19)32-26-7-2-3-12-35(24)26/h2-3,7-13,15,19H,4-6,14,16H2,1H3,(H,33,34,36). The largest absolute Gasteiger partial charge is 0.488 e. The van der Waals surface area contributed by atoms with E-state index in [9.17, 15) is 9.18 Å². The van der Waals surface area contributed by atoms with Gasteiger partial charge in [-0.05, 0) is 66.3 Å². The Bertz CT molecular complexity index is 1790. The first kappa shape index (κ1) is 22.7. The summed E-state index contributed by atoms with van der Waals surface area (Å²) in [5, 5.41) is 3.90. The zero-order chi connectivity index (χ0) is 25.8. The molecule has 7 nitrogen and oxygen atoms in total. The number of benzene rings is 2. The van der Waals surface area contributed by atoms with Crippen LogP contribution in [0.4, 0.5) is 4.39 Å². The van der Waals surface area contributed by atoms with Crippen LogP contribution in [0.25, 0.3) is 16.8 Å². The van der Waals surface area contributed by atoms with Crippen LogP contribution in [-0.4, -0.2) is 19.5 Å². The molecule has 38 heavy (non-hydrogen) atoms. The van der Waals surface area contributed by atoms with Crippen molar-refractivity contribution in [3.8, 4) is 5.75 Å². The Balaban J connectivity index is 1.35. The molecular weight excluding hydrogens is 483 g/mol. The number of nitrogens with one attached hydrogen (secondary N) is 1. The topological polar surface area (TPSA) is 85.4 Å². The fourth-order valence-electron chi connectivity index (χ4n) is 5.60. The van der Waals surface area contributed by atoms with E-state index in [1.807, 2.05) is 19.1 Å². The third kappa shape index (κ3) is 3.75. The highest BCUT2D eigenvalue weighted by molar-refractivity contribution is 5.99. The molecule has 2 aliphatic rings. The molecule has 7 rings (SSSR count). The van der Waals surface area contributed by atoms with Gasteiger partial charge in [0.25, 0.3) is 0 Å². The second-order valence-corrected chi connectivity index (χ2v) is 10.0. The Morgan fingerprint density at radius 2 is 2.00 bits per heavy atom. The molecular formula is C30H25FN4O3. The van der Waals surface area contributed by atoms with Crippen molar-refractivity contribution in [3.63, 3.8) is 0 Å². The number of hydrogen-bond donors (Lipinski definition) is 1. The lowest BCUT2D eigenvalue weighted by atomic mass is 9.81. The van der Waals surface area contributed by atoms with Crippen molar-refractivity contribution < 1.29 is 13.7 Å². The summed E-state index contributed by atoms with van der Waals surface area (Å²) in [5.74, 6) is 0.277. The van der Waals surface area contributed by atoms with Gasteiger partial charge in [-0.3, -0.25) is 9.51 Å². The van der Waals surface area contributed by atoms with E-state index in [4.69, 9.17) is 14.2 Å². The van der Waals surface area contributed by atoms with E-state index in [-0.39, 0.29) is 12.4 Å². The maximum atomic E-state index is 14.2. The van der Waals surface area contributed by atoms with E-state index in [0.29, 0.717) is 23.1 Å². The average Bonchev–Trinajstić information content (AvgIpc) is 3.43. The maximum Gasteiger partial charge on any atom is 0.439 e. The number of halogens is 1. The van der Waals surface area contributed by atoms with Crippen LogP contribution in [0.15, 0.2) is 70.1 Å². The smallest absolute Gasteiger partial charge is 0.439 e. The number of aromatic nitrogens is 4. The van der Waals surface area contributed by atoms with Gasteiger partial charge in [0.15, 0.2) is 5.82 Å². The molecule has 5 aromatic rings. The number of rotatable bonds is 4. The van der Waals surface area contributed by atoms with Gasteiger partial charge in [0.05, 0.1) is 11.4 Å². The Morgan fingerprint density at radius 3 is 2.79 bits per heavy atom. The summed E-state index contributed by atoms with van der Waals surface area (Å²) in [7, 11) is 0. The molecule has 1 aliphatic carbocycles. The molecule has 1 N–H and O–H groups in total. The molecule has 1 aliphatic heterocycles. The van der Waals surface area contributed by atoms with E-state index < -0.39 is 5.76 Å². The minimum atomic E-state index is -0.630. The summed E-state index contributed by atoms with van der Waals surface area (Å²) < 4.78 is 27.3. The zero-order valence-corrected chi connectivity index (χ0v) is 20.8. The van der Waals surface area contributed by atoms with Crippen molar-refractivity contribution in [2.45, 2.75) is 45.1 Å². The fourth-order valence-corrected chi connectivity index (χ4v) is 5.60. The molecule has 1 fully saturated rings. The molecule has 2 aromatic carbocycles. The number of hydrogen-bond acceptors (Lipinski definition) is 5.